The van der Waals surface area contributed by atoms with Crippen molar-refractivity contribution < 1.29 is 4.74 Å². The van der Waals surface area contributed by atoms with Crippen LogP contribution in [0.15, 0.2) is 51.4 Å². The minimum absolute atomic E-state index is 0.00169. The number of methoxy groups -OCH3 is 1. The first-order chi connectivity index (χ1) is 9.65. The third-order valence-corrected chi connectivity index (χ3v) is 4.66. The Morgan fingerprint density at radius 3 is 2.55 bits per heavy atom. The molecular weight excluding hydrogens is 384 g/mol. The molecule has 0 amide bonds. The van der Waals surface area contributed by atoms with Gasteiger partial charge in [0.25, 0.3) is 0 Å². The van der Waals surface area contributed by atoms with Gasteiger partial charge in [-0.25, -0.2) is 0 Å². The summed E-state index contributed by atoms with van der Waals surface area (Å²) >= 11 is 7.14. The molecule has 2 aromatic carbocycles. The topological polar surface area (TPSA) is 47.3 Å². The molecule has 0 heterocycles. The molecule has 3 N–H and O–H groups in total. The zero-order valence-electron chi connectivity index (χ0n) is 11.1. The van der Waals surface area contributed by atoms with E-state index in [4.69, 9.17) is 10.6 Å². The largest absolute Gasteiger partial charge is 0.497 e. The highest BCUT2D eigenvalue weighted by atomic mass is 79.9. The number of hydrazine groups is 1. The quantitative estimate of drug-likeness (QED) is 0.590. The molecule has 0 fully saturated rings. The van der Waals surface area contributed by atoms with Gasteiger partial charge in [-0.05, 0) is 41.8 Å². The maximum atomic E-state index is 5.74. The Hall–Kier alpha value is -0.880. The van der Waals surface area contributed by atoms with Crippen LogP contribution in [0.5, 0.6) is 5.75 Å². The second-order valence-electron chi connectivity index (χ2n) is 4.40. The minimum Gasteiger partial charge on any atom is -0.497 e. The summed E-state index contributed by atoms with van der Waals surface area (Å²) in [5.41, 5.74) is 5.15. The Labute approximate surface area is 135 Å². The highest BCUT2D eigenvalue weighted by molar-refractivity contribution is 9.10. The predicted octanol–water partition coefficient (Wildman–Crippen LogP) is 3.97. The van der Waals surface area contributed by atoms with E-state index in [0.29, 0.717) is 0 Å². The molecule has 0 saturated carbocycles. The van der Waals surface area contributed by atoms with Crippen LogP contribution in [0.3, 0.4) is 0 Å². The van der Waals surface area contributed by atoms with E-state index in [1.165, 1.54) is 5.56 Å². The van der Waals surface area contributed by atoms with E-state index in [-0.39, 0.29) is 6.04 Å². The molecule has 0 aromatic heterocycles. The minimum atomic E-state index is -0.00169. The molecule has 0 aliphatic carbocycles. The molecule has 0 spiro atoms. The van der Waals surface area contributed by atoms with Crippen LogP contribution in [0.25, 0.3) is 0 Å². The van der Waals surface area contributed by atoms with Gasteiger partial charge in [-0.15, -0.1) is 0 Å². The zero-order valence-corrected chi connectivity index (χ0v) is 14.2. The van der Waals surface area contributed by atoms with Crippen LogP contribution >= 0.6 is 31.9 Å². The van der Waals surface area contributed by atoms with Crippen LogP contribution in [0, 0.1) is 0 Å². The summed E-state index contributed by atoms with van der Waals surface area (Å²) in [7, 11) is 1.66. The zero-order chi connectivity index (χ0) is 14.5. The average Bonchev–Trinajstić information content (AvgIpc) is 2.47. The fourth-order valence-corrected chi connectivity index (χ4v) is 3.03. The van der Waals surface area contributed by atoms with Crippen molar-refractivity contribution in [2.24, 2.45) is 5.84 Å². The summed E-state index contributed by atoms with van der Waals surface area (Å²) < 4.78 is 7.37. The van der Waals surface area contributed by atoms with Gasteiger partial charge in [0, 0.05) is 8.95 Å². The Morgan fingerprint density at radius 2 is 1.90 bits per heavy atom. The summed E-state index contributed by atoms with van der Waals surface area (Å²) in [5, 5.41) is 0. The van der Waals surface area contributed by atoms with Crippen LogP contribution in [0.1, 0.15) is 17.2 Å². The maximum Gasteiger partial charge on any atom is 0.119 e. The molecule has 5 heteroatoms. The van der Waals surface area contributed by atoms with Gasteiger partial charge in [0.2, 0.25) is 0 Å². The molecule has 0 aliphatic rings. The Morgan fingerprint density at radius 1 is 1.15 bits per heavy atom. The summed E-state index contributed by atoms with van der Waals surface area (Å²) in [4.78, 5) is 0. The first kappa shape index (κ1) is 15.5. The number of rotatable bonds is 5. The lowest BCUT2D eigenvalue weighted by atomic mass is 9.99. The van der Waals surface area contributed by atoms with Crippen molar-refractivity contribution in [2.75, 3.05) is 7.11 Å². The molecule has 1 atom stereocenters. The van der Waals surface area contributed by atoms with Crippen LogP contribution in [-0.4, -0.2) is 7.11 Å². The van der Waals surface area contributed by atoms with Gasteiger partial charge in [-0.2, -0.15) is 0 Å². The second kappa shape index (κ2) is 7.22. The number of nitrogens with two attached hydrogens (primary N) is 1. The van der Waals surface area contributed by atoms with E-state index < -0.39 is 0 Å². The summed E-state index contributed by atoms with van der Waals surface area (Å²) in [6, 6.07) is 14.0. The molecule has 0 bridgehead atoms. The molecule has 3 nitrogen and oxygen atoms in total. The van der Waals surface area contributed by atoms with E-state index in [1.54, 1.807) is 7.11 Å². The smallest absolute Gasteiger partial charge is 0.119 e. The molecule has 0 saturated heterocycles. The fraction of sp³-hybridized carbons (Fsp3) is 0.200. The lowest BCUT2D eigenvalue weighted by Crippen LogP contribution is -2.30. The van der Waals surface area contributed by atoms with Crippen molar-refractivity contribution in [3.8, 4) is 5.75 Å². The highest BCUT2D eigenvalue weighted by Gasteiger charge is 2.16. The molecule has 1 unspecified atom stereocenters. The monoisotopic (exact) mass is 398 g/mol. The molecule has 106 valence electrons. The van der Waals surface area contributed by atoms with E-state index in [0.717, 1.165) is 26.7 Å². The molecule has 2 aromatic rings. The molecule has 0 radical (unpaired) electrons. The van der Waals surface area contributed by atoms with Crippen molar-refractivity contribution in [1.82, 2.24) is 5.43 Å². The number of ether oxygens (including phenoxy) is 1. The van der Waals surface area contributed by atoms with Crippen LogP contribution in [0.2, 0.25) is 0 Å². The molecule has 2 rings (SSSR count). The summed E-state index contributed by atoms with van der Waals surface area (Å²) in [5.74, 6) is 6.55. The van der Waals surface area contributed by atoms with Crippen LogP contribution < -0.4 is 16.0 Å². The highest BCUT2D eigenvalue weighted by Crippen LogP contribution is 2.30. The van der Waals surface area contributed by atoms with Crippen molar-refractivity contribution >= 4 is 31.9 Å². The average molecular weight is 400 g/mol. The summed E-state index contributed by atoms with van der Waals surface area (Å²) in [6.07, 6.45) is 0.781. The Bertz CT molecular complexity index is 590. The van der Waals surface area contributed by atoms with Crippen molar-refractivity contribution in [3.05, 3.63) is 62.5 Å². The van der Waals surface area contributed by atoms with Gasteiger partial charge in [-0.1, -0.05) is 50.1 Å². The van der Waals surface area contributed by atoms with Crippen molar-refractivity contribution in [3.63, 3.8) is 0 Å². The summed E-state index contributed by atoms with van der Waals surface area (Å²) in [6.45, 7) is 0. The SMILES string of the molecule is COc1ccc(Br)c(C(Cc2ccccc2Br)NN)c1. The molecular formula is C15H16Br2N2O. The van der Waals surface area contributed by atoms with Gasteiger partial charge < -0.3 is 4.74 Å². The van der Waals surface area contributed by atoms with Crippen molar-refractivity contribution in [2.45, 2.75) is 12.5 Å². The van der Waals surface area contributed by atoms with Crippen LogP contribution in [0.4, 0.5) is 0 Å². The maximum absolute atomic E-state index is 5.74. The lowest BCUT2D eigenvalue weighted by Gasteiger charge is -2.19. The number of benzene rings is 2. The predicted molar refractivity (Wildman–Crippen MR) is 88.6 cm³/mol. The Kier molecular flexibility index (Phi) is 5.60. The van der Waals surface area contributed by atoms with E-state index in [9.17, 15) is 0 Å². The van der Waals surface area contributed by atoms with Gasteiger partial charge in [0.05, 0.1) is 13.2 Å². The van der Waals surface area contributed by atoms with E-state index >= 15 is 0 Å². The third-order valence-electron chi connectivity index (χ3n) is 3.16. The fourth-order valence-electron chi connectivity index (χ4n) is 2.06. The first-order valence-corrected chi connectivity index (χ1v) is 7.77. The number of halogens is 2. The van der Waals surface area contributed by atoms with Gasteiger partial charge in [0.1, 0.15) is 5.75 Å². The number of hydrogen-bond donors (Lipinski definition) is 2. The van der Waals surface area contributed by atoms with E-state index in [2.05, 4.69) is 43.4 Å². The Balaban J connectivity index is 2.31. The second-order valence-corrected chi connectivity index (χ2v) is 6.11. The standard InChI is InChI=1S/C15H16Br2N2O/c1-20-11-6-7-14(17)12(9-11)15(19-18)8-10-4-2-3-5-13(10)16/h2-7,9,15,19H,8,18H2,1H3. The lowest BCUT2D eigenvalue weighted by molar-refractivity contribution is 0.412. The van der Waals surface area contributed by atoms with Crippen LogP contribution in [-0.2, 0) is 6.42 Å². The third kappa shape index (κ3) is 3.61. The first-order valence-electron chi connectivity index (χ1n) is 6.18. The van der Waals surface area contributed by atoms with Gasteiger partial charge in [0.15, 0.2) is 0 Å². The number of hydrogen-bond acceptors (Lipinski definition) is 3. The molecule has 20 heavy (non-hydrogen) atoms. The van der Waals surface area contributed by atoms with Gasteiger partial charge in [-0.3, -0.25) is 11.3 Å². The van der Waals surface area contributed by atoms with Crippen molar-refractivity contribution in [1.29, 1.82) is 0 Å². The van der Waals surface area contributed by atoms with E-state index in [1.807, 2.05) is 36.4 Å². The molecule has 0 aliphatic heterocycles. The number of nitrogens with one attached hydrogen (secondary N) is 1. The van der Waals surface area contributed by atoms with Gasteiger partial charge >= 0.3 is 0 Å². The normalized spacial score (nSPS) is 12.2.